The van der Waals surface area contributed by atoms with Crippen LogP contribution >= 0.6 is 11.6 Å². The van der Waals surface area contributed by atoms with Crippen molar-refractivity contribution in [2.75, 3.05) is 40.9 Å². The summed E-state index contributed by atoms with van der Waals surface area (Å²) < 4.78 is 21.4. The van der Waals surface area contributed by atoms with Gasteiger partial charge >= 0.3 is 0 Å². The number of pyridine rings is 1. The maximum Gasteiger partial charge on any atom is 0.274 e. The van der Waals surface area contributed by atoms with E-state index in [1.54, 1.807) is 23.1 Å². The zero-order valence-electron chi connectivity index (χ0n) is 20.7. The largest absolute Gasteiger partial charge is 0.493 e. The molecule has 2 N–H and O–H groups in total. The molecular formula is C26H26ClN3O7. The minimum absolute atomic E-state index is 0.167. The van der Waals surface area contributed by atoms with Gasteiger partial charge in [-0.25, -0.2) is 0 Å². The molecule has 0 bridgehead atoms. The van der Waals surface area contributed by atoms with Crippen LogP contribution in [0.5, 0.6) is 17.2 Å². The number of rotatable bonds is 7. The Morgan fingerprint density at radius 3 is 2.59 bits per heavy atom. The van der Waals surface area contributed by atoms with Crippen LogP contribution in [0.1, 0.15) is 44.3 Å². The van der Waals surface area contributed by atoms with Crippen molar-refractivity contribution in [2.45, 2.75) is 12.2 Å². The van der Waals surface area contributed by atoms with Gasteiger partial charge in [-0.3, -0.25) is 14.6 Å². The molecular weight excluding hydrogens is 502 g/mol. The predicted molar refractivity (Wildman–Crippen MR) is 135 cm³/mol. The standard InChI is InChI=1S/C26H26ClN3O7/c1-34-19-7-12-6-16(29-21(12)24(36-3)23(19)35-2)25(32)30-11-14(9-27)20-15-5-13(26(33)37-4)10-28-22(15)18(31)8-17(20)30/h5-8,10,14,20,26,29,33H,9,11H2,1-4H3/t14-,20?,26?/m1/s1. The second kappa shape index (κ2) is 9.70. The minimum atomic E-state index is -1.19. The van der Waals surface area contributed by atoms with Gasteiger partial charge in [-0.2, -0.15) is 0 Å². The average Bonchev–Trinajstić information content (AvgIpc) is 3.52. The lowest BCUT2D eigenvalue weighted by molar-refractivity contribution is -0.0772. The number of benzene rings is 1. The summed E-state index contributed by atoms with van der Waals surface area (Å²) in [5.74, 6) is 0.380. The number of allylic oxidation sites excluding steroid dienone is 2. The Kier molecular flexibility index (Phi) is 6.57. The summed E-state index contributed by atoms with van der Waals surface area (Å²) in [5, 5.41) is 10.8. The molecule has 3 atom stereocenters. The molecule has 0 spiro atoms. The molecule has 10 nitrogen and oxygen atoms in total. The summed E-state index contributed by atoms with van der Waals surface area (Å²) >= 11 is 6.35. The number of aliphatic hydroxyl groups is 1. The van der Waals surface area contributed by atoms with Crippen LogP contribution in [0.25, 0.3) is 10.9 Å². The number of aliphatic hydroxyl groups excluding tert-OH is 1. The smallest absolute Gasteiger partial charge is 0.274 e. The number of likely N-dealkylation sites (tertiary alicyclic amines) is 1. The van der Waals surface area contributed by atoms with E-state index in [4.69, 9.17) is 30.5 Å². The zero-order valence-corrected chi connectivity index (χ0v) is 21.5. The van der Waals surface area contributed by atoms with Gasteiger partial charge in [0.1, 0.15) is 11.4 Å². The molecule has 1 amide bonds. The number of ketones is 1. The fourth-order valence-electron chi connectivity index (χ4n) is 5.19. The van der Waals surface area contributed by atoms with Crippen molar-refractivity contribution in [3.63, 3.8) is 0 Å². The number of hydrogen-bond donors (Lipinski definition) is 2. The summed E-state index contributed by atoms with van der Waals surface area (Å²) in [6.45, 7) is 0.307. The number of amides is 1. The molecule has 2 aromatic heterocycles. The number of halogens is 1. The summed E-state index contributed by atoms with van der Waals surface area (Å²) in [6, 6.07) is 5.16. The van der Waals surface area contributed by atoms with Crippen LogP contribution in [-0.4, -0.2) is 72.5 Å². The van der Waals surface area contributed by atoms with E-state index in [1.165, 1.54) is 40.7 Å². The van der Waals surface area contributed by atoms with Crippen molar-refractivity contribution in [1.29, 1.82) is 0 Å². The second-order valence-electron chi connectivity index (χ2n) is 8.83. The van der Waals surface area contributed by atoms with E-state index in [-0.39, 0.29) is 35.1 Å². The molecule has 11 heteroatoms. The number of aromatic amines is 1. The Labute approximate surface area is 217 Å². The van der Waals surface area contributed by atoms with Gasteiger partial charge < -0.3 is 33.9 Å². The number of hydrogen-bond acceptors (Lipinski definition) is 8. The van der Waals surface area contributed by atoms with Gasteiger partial charge in [0.15, 0.2) is 17.8 Å². The van der Waals surface area contributed by atoms with Crippen molar-refractivity contribution in [3.8, 4) is 17.2 Å². The number of aromatic nitrogens is 2. The highest BCUT2D eigenvalue weighted by atomic mass is 35.5. The lowest BCUT2D eigenvalue weighted by Gasteiger charge is -2.26. The number of nitrogens with one attached hydrogen (secondary N) is 1. The first-order chi connectivity index (χ1) is 17.9. The van der Waals surface area contributed by atoms with Crippen molar-refractivity contribution in [2.24, 2.45) is 5.92 Å². The number of ether oxygens (including phenoxy) is 4. The molecule has 1 aromatic carbocycles. The number of carbonyl (C=O) groups is 2. The Hall–Kier alpha value is -3.60. The average molecular weight is 528 g/mol. The third kappa shape index (κ3) is 3.92. The Balaban J connectivity index is 1.57. The molecule has 2 unspecified atom stereocenters. The van der Waals surface area contributed by atoms with Gasteiger partial charge in [-0.1, -0.05) is 0 Å². The topological polar surface area (TPSA) is 123 Å². The van der Waals surface area contributed by atoms with E-state index in [0.29, 0.717) is 57.2 Å². The lowest BCUT2D eigenvalue weighted by atomic mass is 9.82. The molecule has 5 rings (SSSR count). The normalized spacial score (nSPS) is 19.4. The molecule has 3 heterocycles. The number of carbonyl (C=O) groups excluding carboxylic acids is 2. The van der Waals surface area contributed by atoms with Gasteiger partial charge in [0.05, 0.1) is 26.8 Å². The highest BCUT2D eigenvalue weighted by molar-refractivity contribution is 6.18. The molecule has 194 valence electrons. The van der Waals surface area contributed by atoms with Gasteiger partial charge in [0.2, 0.25) is 11.5 Å². The molecule has 0 radical (unpaired) electrons. The fraction of sp³-hybridized carbons (Fsp3) is 0.346. The molecule has 0 saturated carbocycles. The Bertz CT molecular complexity index is 1430. The molecule has 3 aromatic rings. The monoisotopic (exact) mass is 527 g/mol. The minimum Gasteiger partial charge on any atom is -0.493 e. The predicted octanol–water partition coefficient (Wildman–Crippen LogP) is 3.40. The summed E-state index contributed by atoms with van der Waals surface area (Å²) in [7, 11) is 5.91. The highest BCUT2D eigenvalue weighted by Gasteiger charge is 2.45. The second-order valence-corrected chi connectivity index (χ2v) is 9.14. The number of fused-ring (bicyclic) bond motifs is 4. The van der Waals surface area contributed by atoms with Gasteiger partial charge in [0.25, 0.3) is 5.91 Å². The summed E-state index contributed by atoms with van der Waals surface area (Å²) in [4.78, 5) is 35.8. The number of alkyl halides is 1. The fourth-order valence-corrected chi connectivity index (χ4v) is 5.47. The molecule has 1 fully saturated rings. The van der Waals surface area contributed by atoms with Crippen LogP contribution in [0.3, 0.4) is 0 Å². The van der Waals surface area contributed by atoms with Crippen LogP contribution in [-0.2, 0) is 4.74 Å². The van der Waals surface area contributed by atoms with Gasteiger partial charge in [-0.05, 0) is 23.8 Å². The Morgan fingerprint density at radius 2 is 1.95 bits per heavy atom. The summed E-state index contributed by atoms with van der Waals surface area (Å²) in [5.41, 5.74) is 2.73. The van der Waals surface area contributed by atoms with Crippen LogP contribution in [0.4, 0.5) is 0 Å². The molecule has 37 heavy (non-hydrogen) atoms. The van der Waals surface area contributed by atoms with E-state index < -0.39 is 6.29 Å². The van der Waals surface area contributed by atoms with Gasteiger partial charge in [0, 0.05) is 60.3 Å². The van der Waals surface area contributed by atoms with Crippen molar-refractivity contribution < 1.29 is 33.6 Å². The van der Waals surface area contributed by atoms with Crippen LogP contribution in [0, 0.1) is 5.92 Å². The van der Waals surface area contributed by atoms with Crippen LogP contribution in [0.15, 0.2) is 36.2 Å². The molecule has 1 saturated heterocycles. The first-order valence-corrected chi connectivity index (χ1v) is 12.1. The third-order valence-electron chi connectivity index (χ3n) is 6.91. The van der Waals surface area contributed by atoms with E-state index in [1.807, 2.05) is 0 Å². The summed E-state index contributed by atoms with van der Waals surface area (Å²) in [6.07, 6.45) is 1.68. The zero-order chi connectivity index (χ0) is 26.4. The van der Waals surface area contributed by atoms with E-state index >= 15 is 0 Å². The van der Waals surface area contributed by atoms with Crippen LogP contribution in [0.2, 0.25) is 0 Å². The van der Waals surface area contributed by atoms with Crippen molar-refractivity contribution in [1.82, 2.24) is 14.9 Å². The molecule has 1 aliphatic carbocycles. The first kappa shape index (κ1) is 25.1. The SMILES string of the molecule is COc1cc2cc(C(=O)N3C[C@@H](CCl)C4C3=CC(=O)c3ncc(C(O)OC)cc34)[nH]c2c(OC)c1OC. The van der Waals surface area contributed by atoms with Crippen molar-refractivity contribution in [3.05, 3.63) is 58.7 Å². The van der Waals surface area contributed by atoms with E-state index in [2.05, 4.69) is 9.97 Å². The molecule has 2 aliphatic rings. The van der Waals surface area contributed by atoms with E-state index in [0.717, 1.165) is 0 Å². The molecule has 1 aliphatic heterocycles. The number of nitrogens with zero attached hydrogens (tertiary/aromatic N) is 2. The maximum atomic E-state index is 13.8. The van der Waals surface area contributed by atoms with Crippen molar-refractivity contribution >= 4 is 34.2 Å². The highest BCUT2D eigenvalue weighted by Crippen LogP contribution is 2.47. The van der Waals surface area contributed by atoms with E-state index in [9.17, 15) is 14.7 Å². The quantitative estimate of drug-likeness (QED) is 0.354. The number of methoxy groups -OCH3 is 4. The van der Waals surface area contributed by atoms with Gasteiger partial charge in [-0.15, -0.1) is 11.6 Å². The lowest BCUT2D eigenvalue weighted by Crippen LogP contribution is -2.29. The first-order valence-electron chi connectivity index (χ1n) is 11.5. The maximum absolute atomic E-state index is 13.8. The van der Waals surface area contributed by atoms with Crippen LogP contribution < -0.4 is 14.2 Å². The Morgan fingerprint density at radius 1 is 1.19 bits per heavy atom. The number of H-pyrrole nitrogens is 1. The third-order valence-corrected chi connectivity index (χ3v) is 7.30.